The summed E-state index contributed by atoms with van der Waals surface area (Å²) >= 11 is 0. The molecule has 2 aromatic carbocycles. The minimum Gasteiger partial charge on any atom is -0.404 e. The Labute approximate surface area is 355 Å². The molecule has 6 N–H and O–H groups in total. The molecule has 2 atom stereocenters. The van der Waals surface area contributed by atoms with Gasteiger partial charge < -0.3 is 26.3 Å². The molecule has 3 aliphatic heterocycles. The number of nitrogens with one attached hydrogen (secondary N) is 4. The zero-order chi connectivity index (χ0) is 42.3. The van der Waals surface area contributed by atoms with Crippen LogP contribution in [0.2, 0.25) is 0 Å². The average molecular weight is 824 g/mol. The molecule has 316 valence electrons. The summed E-state index contributed by atoms with van der Waals surface area (Å²) < 4.78 is 0. The number of carbonyl (C=O) groups is 4. The van der Waals surface area contributed by atoms with Crippen LogP contribution in [0, 0.1) is 17.2 Å². The van der Waals surface area contributed by atoms with Gasteiger partial charge in [-0.25, -0.2) is 4.98 Å². The maximum absolute atomic E-state index is 13.4. The Morgan fingerprint density at radius 3 is 2.52 bits per heavy atom. The van der Waals surface area contributed by atoms with Crippen molar-refractivity contribution in [2.24, 2.45) is 16.6 Å². The second-order valence-corrected chi connectivity index (χ2v) is 16.5. The minimum atomic E-state index is -0.981. The number of anilines is 3. The SMILES string of the molecule is N#CCC(N=C/C(=C\N)c1nc(Nc2ccc(C3CCN(CCCCCNc4cccc5c4C(=O)N(C4CCC(=O)NC4=O)C5=O)CC3)cc2)nc2[nH]ccc12)C1CCCC1. The lowest BCUT2D eigenvalue weighted by molar-refractivity contribution is -0.136. The molecule has 2 saturated heterocycles. The maximum atomic E-state index is 13.4. The largest absolute Gasteiger partial charge is 0.404 e. The fraction of sp³-hybridized carbons (Fsp3) is 0.435. The summed E-state index contributed by atoms with van der Waals surface area (Å²) in [6, 6.07) is 16.9. The first-order valence-corrected chi connectivity index (χ1v) is 21.7. The molecular formula is C46H53N11O4. The highest BCUT2D eigenvalue weighted by Crippen LogP contribution is 2.34. The Morgan fingerprint density at radius 1 is 0.967 bits per heavy atom. The van der Waals surface area contributed by atoms with Crippen LogP contribution in [0.5, 0.6) is 0 Å². The average Bonchev–Trinajstić information content (AvgIpc) is 4.04. The highest BCUT2D eigenvalue weighted by atomic mass is 16.2. The first-order chi connectivity index (χ1) is 29.8. The quantitative estimate of drug-likeness (QED) is 0.0473. The van der Waals surface area contributed by atoms with E-state index in [2.05, 4.69) is 56.2 Å². The van der Waals surface area contributed by atoms with Crippen LogP contribution in [0.3, 0.4) is 0 Å². The first kappa shape index (κ1) is 41.3. The summed E-state index contributed by atoms with van der Waals surface area (Å²) in [6.45, 7) is 3.78. The standard InChI is InChI=1S/C46H53N11O4/c47-21-17-36(31-7-2-3-8-31)51-28-32(27-48)41-35-18-23-50-42(35)55-46(54-41)52-33-13-11-29(12-14-33)30-19-25-56(26-20-30)24-5-1-4-22-49-37-10-6-9-34-40(37)45(61)57(44(34)60)38-15-16-39(58)53-43(38)59/h6,9-14,18,23,27-28,30-31,36,38,49H,1-5,7-8,15-17,19-20,22,24-26,48H2,(H,53,58,59)(H2,50,52,54,55)/b32-27+,51-28?. The molecule has 15 heteroatoms. The number of carbonyl (C=O) groups excluding carboxylic acids is 4. The highest BCUT2D eigenvalue weighted by molar-refractivity contribution is 6.25. The molecule has 2 unspecified atom stereocenters. The van der Waals surface area contributed by atoms with Crippen molar-refractivity contribution >= 4 is 63.8 Å². The van der Waals surface area contributed by atoms with Crippen molar-refractivity contribution in [2.75, 3.05) is 36.8 Å². The second kappa shape index (κ2) is 18.9. The van der Waals surface area contributed by atoms with Gasteiger partial charge >= 0.3 is 0 Å². The van der Waals surface area contributed by atoms with Gasteiger partial charge in [0.15, 0.2) is 0 Å². The number of amides is 4. The molecular weight excluding hydrogens is 771 g/mol. The summed E-state index contributed by atoms with van der Waals surface area (Å²) in [6.07, 6.45) is 15.5. The van der Waals surface area contributed by atoms with E-state index in [1.807, 2.05) is 12.3 Å². The summed E-state index contributed by atoms with van der Waals surface area (Å²) in [4.78, 5) is 71.8. The topological polar surface area (TPSA) is 215 Å². The maximum Gasteiger partial charge on any atom is 0.264 e. The predicted molar refractivity (Wildman–Crippen MR) is 234 cm³/mol. The van der Waals surface area contributed by atoms with E-state index in [4.69, 9.17) is 20.7 Å². The number of hydrogen-bond acceptors (Lipinski definition) is 12. The number of nitrogens with two attached hydrogens (primary N) is 1. The van der Waals surface area contributed by atoms with Crippen LogP contribution in [-0.4, -0.2) is 92.9 Å². The summed E-state index contributed by atoms with van der Waals surface area (Å²) in [5, 5.41) is 19.3. The molecule has 0 radical (unpaired) electrons. The third kappa shape index (κ3) is 9.19. The first-order valence-electron chi connectivity index (χ1n) is 21.7. The van der Waals surface area contributed by atoms with Crippen LogP contribution in [0.4, 0.5) is 17.3 Å². The molecule has 3 fully saturated rings. The van der Waals surface area contributed by atoms with Gasteiger partial charge in [-0.2, -0.15) is 10.2 Å². The number of piperidine rings is 2. The number of rotatable bonds is 16. The summed E-state index contributed by atoms with van der Waals surface area (Å²) in [5.41, 5.74) is 11.6. The van der Waals surface area contributed by atoms with Crippen LogP contribution in [0.25, 0.3) is 16.6 Å². The van der Waals surface area contributed by atoms with Crippen molar-refractivity contribution < 1.29 is 19.2 Å². The fourth-order valence-corrected chi connectivity index (χ4v) is 9.33. The minimum absolute atomic E-state index is 0.0485. The number of likely N-dealkylation sites (tertiary alicyclic amines) is 1. The van der Waals surface area contributed by atoms with Crippen LogP contribution in [-0.2, 0) is 9.59 Å². The van der Waals surface area contributed by atoms with Crippen molar-refractivity contribution in [1.29, 1.82) is 5.26 Å². The molecule has 1 saturated carbocycles. The van der Waals surface area contributed by atoms with E-state index < -0.39 is 29.7 Å². The van der Waals surface area contributed by atoms with Crippen molar-refractivity contribution in [3.05, 3.63) is 83.3 Å². The molecule has 5 heterocycles. The van der Waals surface area contributed by atoms with E-state index in [1.165, 1.54) is 24.6 Å². The predicted octanol–water partition coefficient (Wildman–Crippen LogP) is 6.41. The summed E-state index contributed by atoms with van der Waals surface area (Å²) in [5.74, 6) is -0.636. The molecule has 4 aliphatic rings. The Hall–Kier alpha value is -6.40. The van der Waals surface area contributed by atoms with E-state index in [0.29, 0.717) is 58.9 Å². The summed E-state index contributed by atoms with van der Waals surface area (Å²) in [7, 11) is 0. The van der Waals surface area contributed by atoms with Gasteiger partial charge in [0.1, 0.15) is 11.7 Å². The zero-order valence-corrected chi connectivity index (χ0v) is 34.4. The van der Waals surface area contributed by atoms with Gasteiger partial charge in [0.25, 0.3) is 11.8 Å². The Balaban J connectivity index is 0.786. The van der Waals surface area contributed by atoms with E-state index >= 15 is 0 Å². The lowest BCUT2D eigenvalue weighted by atomic mass is 9.89. The lowest BCUT2D eigenvalue weighted by Gasteiger charge is -2.32. The van der Waals surface area contributed by atoms with E-state index in [0.717, 1.165) is 80.6 Å². The molecule has 0 spiro atoms. The van der Waals surface area contributed by atoms with Gasteiger partial charge in [0.2, 0.25) is 17.8 Å². The number of aliphatic imine (C=N–C) groups is 1. The molecule has 8 rings (SSSR count). The number of nitrogens with zero attached hydrogens (tertiary/aromatic N) is 6. The molecule has 4 aromatic rings. The Kier molecular flexibility index (Phi) is 12.8. The second-order valence-electron chi connectivity index (χ2n) is 16.5. The molecule has 61 heavy (non-hydrogen) atoms. The molecule has 15 nitrogen and oxygen atoms in total. The number of benzene rings is 2. The van der Waals surface area contributed by atoms with E-state index in [1.54, 1.807) is 24.4 Å². The Morgan fingerprint density at radius 2 is 1.77 bits per heavy atom. The number of aromatic amines is 1. The molecule has 0 bridgehead atoms. The van der Waals surface area contributed by atoms with Crippen molar-refractivity contribution in [1.82, 2.24) is 30.1 Å². The molecule has 1 aliphatic carbocycles. The number of H-pyrrole nitrogens is 1. The zero-order valence-electron chi connectivity index (χ0n) is 34.4. The van der Waals surface area contributed by atoms with Gasteiger partial charge in [-0.3, -0.25) is 34.4 Å². The van der Waals surface area contributed by atoms with E-state index in [-0.39, 0.29) is 24.4 Å². The third-order valence-corrected chi connectivity index (χ3v) is 12.7. The van der Waals surface area contributed by atoms with Gasteiger partial charge in [0, 0.05) is 53.9 Å². The number of nitriles is 1. The fourth-order valence-electron chi connectivity index (χ4n) is 9.33. The molecule has 2 aromatic heterocycles. The lowest BCUT2D eigenvalue weighted by Crippen LogP contribution is -2.54. The van der Waals surface area contributed by atoms with Crippen LogP contribution in [0.15, 0.2) is 65.9 Å². The monoisotopic (exact) mass is 823 g/mol. The normalized spacial score (nSPS) is 19.8. The van der Waals surface area contributed by atoms with Crippen LogP contribution in [0.1, 0.15) is 115 Å². The highest BCUT2D eigenvalue weighted by Gasteiger charge is 2.45. The van der Waals surface area contributed by atoms with Crippen molar-refractivity contribution in [3.8, 4) is 6.07 Å². The van der Waals surface area contributed by atoms with Crippen LogP contribution < -0.4 is 21.7 Å². The Bertz CT molecular complexity index is 2370. The number of unbranched alkanes of at least 4 members (excludes halogenated alkanes) is 2. The molecule has 4 amide bonds. The van der Waals surface area contributed by atoms with Gasteiger partial charge in [-0.05, 0) is 112 Å². The number of imide groups is 2. The van der Waals surface area contributed by atoms with Crippen LogP contribution >= 0.6 is 0 Å². The number of allylic oxidation sites excluding steroid dienone is 1. The smallest absolute Gasteiger partial charge is 0.264 e. The number of aromatic nitrogens is 3. The van der Waals surface area contributed by atoms with Gasteiger partial charge in [-0.1, -0.05) is 37.5 Å². The third-order valence-electron chi connectivity index (χ3n) is 12.7. The van der Waals surface area contributed by atoms with Gasteiger partial charge in [-0.15, -0.1) is 0 Å². The number of hydrogen-bond donors (Lipinski definition) is 5. The van der Waals surface area contributed by atoms with Gasteiger partial charge in [0.05, 0.1) is 35.4 Å². The van der Waals surface area contributed by atoms with Crippen molar-refractivity contribution in [3.63, 3.8) is 0 Å². The number of fused-ring (bicyclic) bond motifs is 2. The van der Waals surface area contributed by atoms with Crippen molar-refractivity contribution in [2.45, 2.75) is 95.1 Å². The van der Waals surface area contributed by atoms with E-state index in [9.17, 15) is 24.4 Å².